The molecule has 0 aliphatic heterocycles. The van der Waals surface area contributed by atoms with Crippen LogP contribution in [0.15, 0.2) is 28.8 Å². The van der Waals surface area contributed by atoms with Gasteiger partial charge in [0.1, 0.15) is 6.33 Å². The lowest BCUT2D eigenvalue weighted by Gasteiger charge is -2.15. The lowest BCUT2D eigenvalue weighted by atomic mass is 10.1. The fraction of sp³-hybridized carbons (Fsp3) is 0.500. The van der Waals surface area contributed by atoms with Gasteiger partial charge in [0, 0.05) is 30.9 Å². The summed E-state index contributed by atoms with van der Waals surface area (Å²) in [6, 6.07) is 4.25. The summed E-state index contributed by atoms with van der Waals surface area (Å²) in [6.45, 7) is 6.61. The van der Waals surface area contributed by atoms with Crippen LogP contribution in [0.4, 0.5) is 0 Å². The van der Waals surface area contributed by atoms with Crippen molar-refractivity contribution >= 4 is 41.3 Å². The average Bonchev–Trinajstić information content (AvgIpc) is 3.18. The molecule has 0 aliphatic carbocycles. The second kappa shape index (κ2) is 9.78. The molecule has 0 saturated carbocycles. The van der Waals surface area contributed by atoms with Crippen LogP contribution in [-0.2, 0) is 13.1 Å². The van der Waals surface area contributed by atoms with Crippen molar-refractivity contribution in [1.82, 2.24) is 25.4 Å². The highest BCUT2D eigenvalue weighted by atomic mass is 127. The summed E-state index contributed by atoms with van der Waals surface area (Å²) in [5.74, 6) is 2.15. The molecule has 0 spiro atoms. The van der Waals surface area contributed by atoms with E-state index in [0.29, 0.717) is 12.5 Å². The van der Waals surface area contributed by atoms with E-state index < -0.39 is 0 Å². The highest BCUT2D eigenvalue weighted by Gasteiger charge is 2.08. The third-order valence-electron chi connectivity index (χ3n) is 3.28. The van der Waals surface area contributed by atoms with Gasteiger partial charge in [-0.05, 0) is 18.4 Å². The lowest BCUT2D eigenvalue weighted by Crippen LogP contribution is -2.39. The van der Waals surface area contributed by atoms with Gasteiger partial charge in [0.15, 0.2) is 11.8 Å². The topological polar surface area (TPSA) is 67.1 Å². The Bertz CT molecular complexity index is 566. The van der Waals surface area contributed by atoms with Gasteiger partial charge < -0.3 is 15.2 Å². The zero-order valence-electron chi connectivity index (χ0n) is 13.1. The fourth-order valence-electron chi connectivity index (χ4n) is 1.99. The van der Waals surface area contributed by atoms with Gasteiger partial charge in [0.25, 0.3) is 0 Å². The van der Waals surface area contributed by atoms with Crippen LogP contribution in [0.1, 0.15) is 30.5 Å². The third-order valence-corrected chi connectivity index (χ3v) is 4.38. The van der Waals surface area contributed by atoms with E-state index in [9.17, 15) is 0 Å². The van der Waals surface area contributed by atoms with Gasteiger partial charge in [-0.3, -0.25) is 4.99 Å². The largest absolute Gasteiger partial charge is 0.356 e. The number of nitrogens with zero attached hydrogens (tertiary/aromatic N) is 4. The number of aliphatic imine (C=N–C) groups is 1. The molecule has 2 heterocycles. The van der Waals surface area contributed by atoms with Gasteiger partial charge in [-0.25, -0.2) is 0 Å². The van der Waals surface area contributed by atoms with Gasteiger partial charge in [0.05, 0.1) is 6.54 Å². The normalized spacial score (nSPS) is 12.6. The van der Waals surface area contributed by atoms with E-state index in [1.54, 1.807) is 24.7 Å². The Kier molecular flexibility index (Phi) is 8.39. The summed E-state index contributed by atoms with van der Waals surface area (Å²) in [6.07, 6.45) is 1.74. The Balaban J connectivity index is 0.00000242. The van der Waals surface area contributed by atoms with Crippen molar-refractivity contribution in [3.05, 3.63) is 34.5 Å². The van der Waals surface area contributed by atoms with Gasteiger partial charge in [-0.2, -0.15) is 0 Å². The molecule has 122 valence electrons. The van der Waals surface area contributed by atoms with Crippen LogP contribution in [-0.4, -0.2) is 34.3 Å². The maximum absolute atomic E-state index is 4.24. The summed E-state index contributed by atoms with van der Waals surface area (Å²) in [5, 5.41) is 16.7. The van der Waals surface area contributed by atoms with E-state index in [2.05, 4.69) is 57.2 Å². The summed E-state index contributed by atoms with van der Waals surface area (Å²) in [5.41, 5.74) is 0. The van der Waals surface area contributed by atoms with Gasteiger partial charge in [-0.1, -0.05) is 13.0 Å². The van der Waals surface area contributed by atoms with Crippen LogP contribution in [0.2, 0.25) is 0 Å². The van der Waals surface area contributed by atoms with Gasteiger partial charge in [-0.15, -0.1) is 45.5 Å². The zero-order chi connectivity index (χ0) is 15.1. The molecule has 8 heteroatoms. The summed E-state index contributed by atoms with van der Waals surface area (Å²) in [7, 11) is 1.77. The first kappa shape index (κ1) is 18.9. The third kappa shape index (κ3) is 5.24. The number of rotatable bonds is 6. The van der Waals surface area contributed by atoms with Crippen molar-refractivity contribution in [2.75, 3.05) is 13.6 Å². The number of nitrogens with one attached hydrogen (secondary N) is 2. The van der Waals surface area contributed by atoms with E-state index in [4.69, 9.17) is 0 Å². The molecule has 0 aliphatic rings. The molecule has 2 aromatic rings. The van der Waals surface area contributed by atoms with E-state index in [-0.39, 0.29) is 24.0 Å². The number of hydrogen-bond donors (Lipinski definition) is 2. The van der Waals surface area contributed by atoms with E-state index in [0.717, 1.165) is 24.9 Å². The van der Waals surface area contributed by atoms with Crippen molar-refractivity contribution in [2.45, 2.75) is 32.9 Å². The molecule has 2 rings (SSSR count). The Hall–Kier alpha value is -1.16. The van der Waals surface area contributed by atoms with Gasteiger partial charge in [0.2, 0.25) is 0 Å². The minimum atomic E-state index is 0. The van der Waals surface area contributed by atoms with Gasteiger partial charge >= 0.3 is 0 Å². The number of hydrogen-bond acceptors (Lipinski definition) is 4. The molecule has 2 N–H and O–H groups in total. The molecular weight excluding hydrogens is 411 g/mol. The number of thiophene rings is 1. The Morgan fingerprint density at radius 2 is 2.27 bits per heavy atom. The number of aryl methyl sites for hydroxylation is 1. The highest BCUT2D eigenvalue weighted by Crippen LogP contribution is 2.19. The SMILES string of the molecule is CCn1cnnc1CNC(=NC)NCC(C)c1cccs1.I. The van der Waals surface area contributed by atoms with Crippen LogP contribution in [0.25, 0.3) is 0 Å². The Labute approximate surface area is 152 Å². The number of aromatic nitrogens is 3. The molecule has 0 radical (unpaired) electrons. The van der Waals surface area contributed by atoms with Crippen molar-refractivity contribution in [2.24, 2.45) is 4.99 Å². The molecule has 2 aromatic heterocycles. The summed E-state index contributed by atoms with van der Waals surface area (Å²) < 4.78 is 2.01. The maximum Gasteiger partial charge on any atom is 0.191 e. The van der Waals surface area contributed by atoms with Crippen molar-refractivity contribution in [1.29, 1.82) is 0 Å². The fourth-order valence-corrected chi connectivity index (χ4v) is 2.77. The maximum atomic E-state index is 4.24. The molecule has 1 unspecified atom stereocenters. The van der Waals surface area contributed by atoms with Crippen LogP contribution in [0.3, 0.4) is 0 Å². The predicted octanol–water partition coefficient (Wildman–Crippen LogP) is 2.45. The quantitative estimate of drug-likeness (QED) is 0.417. The number of guanidine groups is 1. The molecular formula is C14H23IN6S. The Morgan fingerprint density at radius 3 is 2.91 bits per heavy atom. The lowest BCUT2D eigenvalue weighted by molar-refractivity contribution is 0.661. The predicted molar refractivity (Wildman–Crippen MR) is 102 cm³/mol. The molecule has 22 heavy (non-hydrogen) atoms. The summed E-state index contributed by atoms with van der Waals surface area (Å²) >= 11 is 1.78. The second-order valence-corrected chi connectivity index (χ2v) is 5.74. The molecule has 0 aromatic carbocycles. The second-order valence-electron chi connectivity index (χ2n) is 4.76. The average molecular weight is 434 g/mol. The van der Waals surface area contributed by atoms with Crippen molar-refractivity contribution in [3.8, 4) is 0 Å². The molecule has 6 nitrogen and oxygen atoms in total. The smallest absolute Gasteiger partial charge is 0.191 e. The monoisotopic (exact) mass is 434 g/mol. The first-order valence-corrected chi connectivity index (χ1v) is 7.97. The van der Waals surface area contributed by atoms with Crippen LogP contribution in [0.5, 0.6) is 0 Å². The van der Waals surface area contributed by atoms with E-state index in [1.807, 2.05) is 4.57 Å². The van der Waals surface area contributed by atoms with E-state index >= 15 is 0 Å². The minimum absolute atomic E-state index is 0. The zero-order valence-corrected chi connectivity index (χ0v) is 16.3. The molecule has 0 fully saturated rings. The van der Waals surface area contributed by atoms with Crippen molar-refractivity contribution in [3.63, 3.8) is 0 Å². The molecule has 0 saturated heterocycles. The highest BCUT2D eigenvalue weighted by molar-refractivity contribution is 14.0. The van der Waals surface area contributed by atoms with Crippen LogP contribution in [0, 0.1) is 0 Å². The van der Waals surface area contributed by atoms with Crippen LogP contribution >= 0.6 is 35.3 Å². The van der Waals surface area contributed by atoms with Crippen molar-refractivity contribution < 1.29 is 0 Å². The first-order valence-electron chi connectivity index (χ1n) is 7.09. The van der Waals surface area contributed by atoms with E-state index in [1.165, 1.54) is 4.88 Å². The molecule has 0 bridgehead atoms. The Morgan fingerprint density at radius 1 is 1.45 bits per heavy atom. The molecule has 0 amide bonds. The standard InChI is InChI=1S/C14H22N6S.HI/c1-4-20-10-18-19-13(20)9-17-14(15-3)16-8-11(2)12-6-5-7-21-12;/h5-7,10-11H,4,8-9H2,1-3H3,(H2,15,16,17);1H. The number of halogens is 1. The summed E-state index contributed by atoms with van der Waals surface area (Å²) in [4.78, 5) is 5.62. The van der Waals surface area contributed by atoms with Crippen LogP contribution < -0.4 is 10.6 Å². The molecule has 1 atom stereocenters. The minimum Gasteiger partial charge on any atom is -0.356 e. The first-order chi connectivity index (χ1) is 10.2.